The van der Waals surface area contributed by atoms with Crippen LogP contribution >= 0.6 is 0 Å². The van der Waals surface area contributed by atoms with Gasteiger partial charge >= 0.3 is 5.97 Å². The maximum Gasteiger partial charge on any atom is 0.347 e. The fraction of sp³-hybridized carbons (Fsp3) is 0.263. The third-order valence-electron chi connectivity index (χ3n) is 3.59. The van der Waals surface area contributed by atoms with Gasteiger partial charge in [0.25, 0.3) is 11.6 Å². The number of hydrogen-bond donors (Lipinski definition) is 2. The number of rotatable bonds is 10. The number of anilines is 1. The molecule has 2 rings (SSSR count). The Morgan fingerprint density at radius 3 is 2.39 bits per heavy atom. The summed E-state index contributed by atoms with van der Waals surface area (Å²) in [4.78, 5) is 33.7. The molecule has 0 saturated heterocycles. The molecule has 0 radical (unpaired) electrons. The second-order valence-electron chi connectivity index (χ2n) is 5.76. The summed E-state index contributed by atoms with van der Waals surface area (Å²) in [5.41, 5.74) is 0.698. The molecule has 28 heavy (non-hydrogen) atoms. The first-order chi connectivity index (χ1) is 13.5. The Balaban J connectivity index is 1.61. The molecule has 0 fully saturated rings. The highest BCUT2D eigenvalue weighted by atomic mass is 16.6. The van der Waals surface area contributed by atoms with E-state index in [4.69, 9.17) is 9.47 Å². The molecule has 9 heteroatoms. The van der Waals surface area contributed by atoms with Gasteiger partial charge in [0, 0.05) is 30.9 Å². The van der Waals surface area contributed by atoms with E-state index in [0.29, 0.717) is 24.5 Å². The van der Waals surface area contributed by atoms with Gasteiger partial charge in [-0.1, -0.05) is 18.2 Å². The van der Waals surface area contributed by atoms with Crippen molar-refractivity contribution in [2.24, 2.45) is 0 Å². The Hall–Kier alpha value is -3.62. The van der Waals surface area contributed by atoms with Crippen LogP contribution in [-0.2, 0) is 14.3 Å². The van der Waals surface area contributed by atoms with E-state index in [1.165, 1.54) is 12.1 Å². The summed E-state index contributed by atoms with van der Waals surface area (Å²) in [6.45, 7) is 1.84. The first-order valence-corrected chi connectivity index (χ1v) is 8.59. The SMILES string of the molecule is C[C@@H](Oc1ccccc1)C(=O)OCC(=O)NCCNc1ccc([N+](=O)[O-])cc1. The monoisotopic (exact) mass is 387 g/mol. The number of hydrogen-bond acceptors (Lipinski definition) is 7. The first-order valence-electron chi connectivity index (χ1n) is 8.59. The van der Waals surface area contributed by atoms with Gasteiger partial charge in [-0.25, -0.2) is 4.79 Å². The van der Waals surface area contributed by atoms with E-state index in [1.807, 2.05) is 6.07 Å². The fourth-order valence-electron chi connectivity index (χ4n) is 2.17. The van der Waals surface area contributed by atoms with Crippen molar-refractivity contribution in [1.82, 2.24) is 5.32 Å². The predicted octanol–water partition coefficient (Wildman–Crippen LogP) is 2.13. The van der Waals surface area contributed by atoms with Crippen LogP contribution in [0.2, 0.25) is 0 Å². The molecule has 0 bridgehead atoms. The van der Waals surface area contributed by atoms with Crippen molar-refractivity contribution in [2.45, 2.75) is 13.0 Å². The number of nitro benzene ring substituents is 1. The molecule has 0 unspecified atom stereocenters. The predicted molar refractivity (Wildman–Crippen MR) is 102 cm³/mol. The van der Waals surface area contributed by atoms with Gasteiger partial charge in [-0.15, -0.1) is 0 Å². The number of nitrogens with zero attached hydrogens (tertiary/aromatic N) is 1. The van der Waals surface area contributed by atoms with Gasteiger partial charge < -0.3 is 20.1 Å². The number of benzene rings is 2. The molecule has 0 saturated carbocycles. The molecule has 0 aliphatic carbocycles. The topological polar surface area (TPSA) is 120 Å². The molecular formula is C19H21N3O6. The Kier molecular flexibility index (Phi) is 7.77. The highest BCUT2D eigenvalue weighted by Gasteiger charge is 2.17. The van der Waals surface area contributed by atoms with Crippen LogP contribution in [0.1, 0.15) is 6.92 Å². The average molecular weight is 387 g/mol. The summed E-state index contributed by atoms with van der Waals surface area (Å²) >= 11 is 0. The maximum atomic E-state index is 11.9. The molecule has 0 aliphatic heterocycles. The molecular weight excluding hydrogens is 366 g/mol. The number of nitrogens with one attached hydrogen (secondary N) is 2. The lowest BCUT2D eigenvalue weighted by Crippen LogP contribution is -2.35. The third-order valence-corrected chi connectivity index (χ3v) is 3.59. The zero-order valence-corrected chi connectivity index (χ0v) is 15.3. The summed E-state index contributed by atoms with van der Waals surface area (Å²) in [6.07, 6.45) is -0.834. The Morgan fingerprint density at radius 2 is 1.75 bits per heavy atom. The second kappa shape index (κ2) is 10.5. The molecule has 2 N–H and O–H groups in total. The van der Waals surface area contributed by atoms with Crippen LogP contribution in [-0.4, -0.2) is 42.6 Å². The van der Waals surface area contributed by atoms with E-state index in [2.05, 4.69) is 10.6 Å². The van der Waals surface area contributed by atoms with Crippen molar-refractivity contribution < 1.29 is 24.0 Å². The highest BCUT2D eigenvalue weighted by Crippen LogP contribution is 2.15. The lowest BCUT2D eigenvalue weighted by molar-refractivity contribution is -0.384. The van der Waals surface area contributed by atoms with Gasteiger partial charge in [-0.05, 0) is 31.2 Å². The number of amides is 1. The third kappa shape index (κ3) is 6.94. The lowest BCUT2D eigenvalue weighted by atomic mass is 10.3. The van der Waals surface area contributed by atoms with E-state index < -0.39 is 29.5 Å². The van der Waals surface area contributed by atoms with Gasteiger partial charge in [0.1, 0.15) is 5.75 Å². The van der Waals surface area contributed by atoms with E-state index in [9.17, 15) is 19.7 Å². The highest BCUT2D eigenvalue weighted by molar-refractivity contribution is 5.82. The number of ether oxygens (including phenoxy) is 2. The largest absolute Gasteiger partial charge is 0.479 e. The summed E-state index contributed by atoms with van der Waals surface area (Å²) in [5, 5.41) is 16.2. The van der Waals surface area contributed by atoms with Gasteiger partial charge in [0.15, 0.2) is 12.7 Å². The Morgan fingerprint density at radius 1 is 1.07 bits per heavy atom. The summed E-state index contributed by atoms with van der Waals surface area (Å²) < 4.78 is 10.3. The van der Waals surface area contributed by atoms with Crippen molar-refractivity contribution in [3.63, 3.8) is 0 Å². The first kappa shape index (κ1) is 20.7. The second-order valence-corrected chi connectivity index (χ2v) is 5.76. The number of para-hydroxylation sites is 1. The van der Waals surface area contributed by atoms with Gasteiger partial charge in [0.05, 0.1) is 4.92 Å². The number of non-ortho nitro benzene ring substituents is 1. The standard InChI is InChI=1S/C19H21N3O6/c1-14(28-17-5-3-2-4-6-17)19(24)27-13-18(23)21-12-11-20-15-7-9-16(10-8-15)22(25)26/h2-10,14,20H,11-13H2,1H3,(H,21,23)/t14-/m1/s1. The van der Waals surface area contributed by atoms with Crippen molar-refractivity contribution in [3.05, 3.63) is 64.7 Å². The number of carbonyl (C=O) groups excluding carboxylic acids is 2. The van der Waals surface area contributed by atoms with E-state index >= 15 is 0 Å². The van der Waals surface area contributed by atoms with Crippen LogP contribution in [0.3, 0.4) is 0 Å². The minimum atomic E-state index is -0.834. The van der Waals surface area contributed by atoms with Crippen molar-refractivity contribution in [2.75, 3.05) is 25.0 Å². The molecule has 2 aromatic rings. The van der Waals surface area contributed by atoms with Crippen molar-refractivity contribution in [1.29, 1.82) is 0 Å². The zero-order valence-electron chi connectivity index (χ0n) is 15.3. The maximum absolute atomic E-state index is 11.9. The molecule has 9 nitrogen and oxygen atoms in total. The number of nitro groups is 1. The number of esters is 1. The van der Waals surface area contributed by atoms with Crippen LogP contribution in [0, 0.1) is 10.1 Å². The summed E-state index contributed by atoms with van der Waals surface area (Å²) in [7, 11) is 0. The molecule has 1 atom stereocenters. The van der Waals surface area contributed by atoms with E-state index in [1.54, 1.807) is 43.3 Å². The average Bonchev–Trinajstić information content (AvgIpc) is 2.70. The minimum absolute atomic E-state index is 0.00569. The number of carbonyl (C=O) groups is 2. The molecule has 148 valence electrons. The zero-order chi connectivity index (χ0) is 20.4. The van der Waals surface area contributed by atoms with Gasteiger partial charge in [-0.2, -0.15) is 0 Å². The quantitative estimate of drug-likeness (QED) is 0.277. The van der Waals surface area contributed by atoms with Crippen LogP contribution < -0.4 is 15.4 Å². The summed E-state index contributed by atoms with van der Waals surface area (Å²) in [5.74, 6) is -0.539. The molecule has 1 amide bonds. The molecule has 0 spiro atoms. The molecule has 0 aliphatic rings. The van der Waals surface area contributed by atoms with E-state index in [0.717, 1.165) is 0 Å². The minimum Gasteiger partial charge on any atom is -0.479 e. The normalized spacial score (nSPS) is 11.2. The van der Waals surface area contributed by atoms with Crippen LogP contribution in [0.4, 0.5) is 11.4 Å². The van der Waals surface area contributed by atoms with Crippen LogP contribution in [0.15, 0.2) is 54.6 Å². The summed E-state index contributed by atoms with van der Waals surface area (Å²) in [6, 6.07) is 14.8. The molecule has 2 aromatic carbocycles. The van der Waals surface area contributed by atoms with Crippen LogP contribution in [0.25, 0.3) is 0 Å². The molecule has 0 heterocycles. The Labute approximate surface area is 161 Å². The molecule has 0 aromatic heterocycles. The van der Waals surface area contributed by atoms with Gasteiger partial charge in [0.2, 0.25) is 0 Å². The van der Waals surface area contributed by atoms with Crippen molar-refractivity contribution in [3.8, 4) is 5.75 Å². The van der Waals surface area contributed by atoms with E-state index in [-0.39, 0.29) is 5.69 Å². The lowest BCUT2D eigenvalue weighted by Gasteiger charge is -2.14. The van der Waals surface area contributed by atoms with Crippen molar-refractivity contribution >= 4 is 23.3 Å². The fourth-order valence-corrected chi connectivity index (χ4v) is 2.17. The smallest absolute Gasteiger partial charge is 0.347 e. The van der Waals surface area contributed by atoms with Crippen LogP contribution in [0.5, 0.6) is 5.75 Å². The van der Waals surface area contributed by atoms with Gasteiger partial charge in [-0.3, -0.25) is 14.9 Å². The Bertz CT molecular complexity index is 795.